The molecule has 0 spiro atoms. The van der Waals surface area contributed by atoms with Gasteiger partial charge in [0.2, 0.25) is 0 Å². The molecule has 0 amide bonds. The second-order valence-corrected chi connectivity index (χ2v) is 9.05. The monoisotopic (exact) mass is 401 g/mol. The quantitative estimate of drug-likeness (QED) is 0.365. The van der Waals surface area contributed by atoms with Crippen LogP contribution in [0.25, 0.3) is 0 Å². The van der Waals surface area contributed by atoms with Crippen LogP contribution in [0.5, 0.6) is 0 Å². The van der Waals surface area contributed by atoms with Gasteiger partial charge in [0.25, 0.3) is 0 Å². The average Bonchev–Trinajstić information content (AvgIpc) is 3.24. The molecule has 0 fully saturated rings. The van der Waals surface area contributed by atoms with Gasteiger partial charge in [0, 0.05) is 22.3 Å². The minimum absolute atomic E-state index is 0.178. The van der Waals surface area contributed by atoms with Gasteiger partial charge in [-0.15, -0.1) is 11.8 Å². The molecule has 0 aromatic heterocycles. The zero-order valence-corrected chi connectivity index (χ0v) is 17.3. The van der Waals surface area contributed by atoms with E-state index in [-0.39, 0.29) is 11.9 Å². The van der Waals surface area contributed by atoms with Crippen LogP contribution in [0.3, 0.4) is 0 Å². The van der Waals surface area contributed by atoms with E-state index in [1.165, 1.54) is 32.8 Å². The molecule has 1 aliphatic carbocycles. The standard InChI is InChI=1S/C26H24FNS/c1-17-14-18(16-29-21-6-3-2-4-7-21)15-24-22-8-5-9-23(22)26(28-25(17)24)19-10-12-20(27)13-11-19/h2-8,10-15,22-23,26,28H,9,16H2,1H3/t22-,23-,26-/m1/s1. The number of aryl methyl sites for hydroxylation is 1. The molecule has 146 valence electrons. The van der Waals surface area contributed by atoms with Crippen LogP contribution in [-0.4, -0.2) is 0 Å². The Labute approximate surface area is 176 Å². The summed E-state index contributed by atoms with van der Waals surface area (Å²) in [6.45, 7) is 2.20. The molecule has 1 nitrogen and oxygen atoms in total. The number of hydrogen-bond donors (Lipinski definition) is 1. The number of thioether (sulfide) groups is 1. The maximum atomic E-state index is 13.4. The van der Waals surface area contributed by atoms with Crippen molar-refractivity contribution in [3.8, 4) is 0 Å². The van der Waals surface area contributed by atoms with E-state index in [1.807, 2.05) is 23.9 Å². The molecule has 3 atom stereocenters. The topological polar surface area (TPSA) is 12.0 Å². The molecule has 1 heterocycles. The fraction of sp³-hybridized carbons (Fsp3) is 0.231. The number of rotatable bonds is 4. The predicted molar refractivity (Wildman–Crippen MR) is 120 cm³/mol. The summed E-state index contributed by atoms with van der Waals surface area (Å²) < 4.78 is 13.4. The Bertz CT molecular complexity index is 1040. The summed E-state index contributed by atoms with van der Waals surface area (Å²) in [6.07, 6.45) is 5.74. The van der Waals surface area contributed by atoms with Crippen LogP contribution in [0.2, 0.25) is 0 Å². The van der Waals surface area contributed by atoms with E-state index in [0.29, 0.717) is 11.8 Å². The third-order valence-electron chi connectivity index (χ3n) is 6.10. The summed E-state index contributed by atoms with van der Waals surface area (Å²) in [7, 11) is 0. The number of fused-ring (bicyclic) bond motifs is 3. The Morgan fingerprint density at radius 3 is 2.62 bits per heavy atom. The van der Waals surface area contributed by atoms with E-state index in [9.17, 15) is 4.39 Å². The molecule has 0 unspecified atom stereocenters. The van der Waals surface area contributed by atoms with Gasteiger partial charge >= 0.3 is 0 Å². The fourth-order valence-corrected chi connectivity index (χ4v) is 5.58. The van der Waals surface area contributed by atoms with Gasteiger partial charge in [-0.1, -0.05) is 54.6 Å². The molecule has 2 aliphatic rings. The summed E-state index contributed by atoms with van der Waals surface area (Å²) in [6, 6.07) is 22.5. The van der Waals surface area contributed by atoms with E-state index in [2.05, 4.69) is 66.9 Å². The molecule has 0 saturated heterocycles. The van der Waals surface area contributed by atoms with Crippen molar-refractivity contribution in [3.05, 3.63) is 107 Å². The normalized spacial score (nSPS) is 22.1. The number of benzene rings is 3. The molecule has 0 saturated carbocycles. The fourth-order valence-electron chi connectivity index (χ4n) is 4.73. The second kappa shape index (κ2) is 7.72. The summed E-state index contributed by atoms with van der Waals surface area (Å²) in [5, 5.41) is 3.80. The number of allylic oxidation sites excluding steroid dienone is 2. The Morgan fingerprint density at radius 2 is 1.83 bits per heavy atom. The first-order valence-electron chi connectivity index (χ1n) is 10.2. The number of anilines is 1. The van der Waals surface area contributed by atoms with Gasteiger partial charge in [-0.05, 0) is 65.8 Å². The van der Waals surface area contributed by atoms with Crippen molar-refractivity contribution in [3.63, 3.8) is 0 Å². The third-order valence-corrected chi connectivity index (χ3v) is 7.19. The van der Waals surface area contributed by atoms with Crippen LogP contribution in [-0.2, 0) is 5.75 Å². The zero-order valence-electron chi connectivity index (χ0n) is 16.4. The highest BCUT2D eigenvalue weighted by Crippen LogP contribution is 2.51. The van der Waals surface area contributed by atoms with Crippen LogP contribution < -0.4 is 5.32 Å². The Balaban J connectivity index is 1.46. The summed E-state index contributed by atoms with van der Waals surface area (Å²) in [5.74, 6) is 1.69. The molecular weight excluding hydrogens is 377 g/mol. The van der Waals surface area contributed by atoms with Crippen LogP contribution >= 0.6 is 11.8 Å². The SMILES string of the molecule is Cc1cc(CSc2ccccc2)cc2c1N[C@H](c1ccc(F)cc1)[C@@H]1CC=C[C@@H]21. The minimum atomic E-state index is -0.178. The van der Waals surface area contributed by atoms with Crippen molar-refractivity contribution in [2.75, 3.05) is 5.32 Å². The van der Waals surface area contributed by atoms with Gasteiger partial charge in [-0.25, -0.2) is 4.39 Å². The van der Waals surface area contributed by atoms with E-state index in [0.717, 1.165) is 12.2 Å². The minimum Gasteiger partial charge on any atom is -0.377 e. The van der Waals surface area contributed by atoms with Crippen LogP contribution in [0.1, 0.15) is 40.6 Å². The largest absolute Gasteiger partial charge is 0.377 e. The lowest BCUT2D eigenvalue weighted by Gasteiger charge is -2.38. The van der Waals surface area contributed by atoms with Gasteiger partial charge in [0.15, 0.2) is 0 Å². The van der Waals surface area contributed by atoms with E-state index < -0.39 is 0 Å². The third kappa shape index (κ3) is 3.60. The summed E-state index contributed by atoms with van der Waals surface area (Å²) in [5.41, 5.74) is 6.48. The molecule has 3 heteroatoms. The summed E-state index contributed by atoms with van der Waals surface area (Å²) >= 11 is 1.88. The number of halogens is 1. The molecular formula is C26H24FNS. The lowest BCUT2D eigenvalue weighted by molar-refractivity contribution is 0.424. The molecule has 1 aliphatic heterocycles. The van der Waals surface area contributed by atoms with Crippen molar-refractivity contribution in [2.45, 2.75) is 36.0 Å². The maximum absolute atomic E-state index is 13.4. The average molecular weight is 402 g/mol. The van der Waals surface area contributed by atoms with Gasteiger partial charge in [0.05, 0.1) is 6.04 Å². The van der Waals surface area contributed by atoms with Crippen LogP contribution in [0, 0.1) is 18.7 Å². The van der Waals surface area contributed by atoms with Crippen molar-refractivity contribution >= 4 is 17.4 Å². The van der Waals surface area contributed by atoms with Crippen LogP contribution in [0.4, 0.5) is 10.1 Å². The molecule has 0 radical (unpaired) electrons. The van der Waals surface area contributed by atoms with Gasteiger partial charge in [-0.3, -0.25) is 0 Å². The molecule has 3 aromatic rings. The highest BCUT2D eigenvalue weighted by molar-refractivity contribution is 7.98. The Hall–Kier alpha value is -2.52. The highest BCUT2D eigenvalue weighted by Gasteiger charge is 2.38. The second-order valence-electron chi connectivity index (χ2n) is 8.01. The highest BCUT2D eigenvalue weighted by atomic mass is 32.2. The van der Waals surface area contributed by atoms with Crippen molar-refractivity contribution in [1.82, 2.24) is 0 Å². The molecule has 0 bridgehead atoms. The Kier molecular flexibility index (Phi) is 4.92. The first-order chi connectivity index (χ1) is 14.2. The molecule has 5 rings (SSSR count). The smallest absolute Gasteiger partial charge is 0.123 e. The first kappa shape index (κ1) is 18.5. The molecule has 3 aromatic carbocycles. The molecule has 29 heavy (non-hydrogen) atoms. The van der Waals surface area contributed by atoms with E-state index in [1.54, 1.807) is 12.1 Å². The Morgan fingerprint density at radius 1 is 1.03 bits per heavy atom. The zero-order chi connectivity index (χ0) is 19.8. The molecule has 1 N–H and O–H groups in total. The van der Waals surface area contributed by atoms with Gasteiger partial charge < -0.3 is 5.32 Å². The van der Waals surface area contributed by atoms with E-state index in [4.69, 9.17) is 0 Å². The lowest BCUT2D eigenvalue weighted by Crippen LogP contribution is -2.29. The first-order valence-corrected chi connectivity index (χ1v) is 11.2. The van der Waals surface area contributed by atoms with Crippen molar-refractivity contribution < 1.29 is 4.39 Å². The van der Waals surface area contributed by atoms with E-state index >= 15 is 0 Å². The predicted octanol–water partition coefficient (Wildman–Crippen LogP) is 7.25. The summed E-state index contributed by atoms with van der Waals surface area (Å²) in [4.78, 5) is 1.30. The number of hydrogen-bond acceptors (Lipinski definition) is 2. The lowest BCUT2D eigenvalue weighted by atomic mass is 9.76. The van der Waals surface area contributed by atoms with Crippen molar-refractivity contribution in [1.29, 1.82) is 0 Å². The number of nitrogens with one attached hydrogen (secondary N) is 1. The van der Waals surface area contributed by atoms with Gasteiger partial charge in [-0.2, -0.15) is 0 Å². The van der Waals surface area contributed by atoms with Crippen molar-refractivity contribution in [2.24, 2.45) is 5.92 Å². The van der Waals surface area contributed by atoms with Crippen LogP contribution in [0.15, 0.2) is 83.8 Å². The maximum Gasteiger partial charge on any atom is 0.123 e. The van der Waals surface area contributed by atoms with Gasteiger partial charge in [0.1, 0.15) is 5.82 Å².